The molecule has 124 valence electrons. The topological polar surface area (TPSA) is 52.0 Å². The lowest BCUT2D eigenvalue weighted by atomic mass is 9.52. The fourth-order valence-electron chi connectivity index (χ4n) is 5.84. The molecule has 4 unspecified atom stereocenters. The number of rotatable bonds is 6. The summed E-state index contributed by atoms with van der Waals surface area (Å²) in [6.07, 6.45) is 15.2. The van der Waals surface area contributed by atoms with E-state index < -0.39 is 0 Å². The van der Waals surface area contributed by atoms with Crippen LogP contribution < -0.4 is 11.5 Å². The Balaban J connectivity index is 2.24. The molecule has 2 rings (SSSR count). The van der Waals surface area contributed by atoms with Gasteiger partial charge in [0.05, 0.1) is 0 Å². The molecule has 2 aliphatic rings. The molecule has 0 saturated heterocycles. The second-order valence-corrected chi connectivity index (χ2v) is 7.97. The van der Waals surface area contributed by atoms with Crippen LogP contribution in [0.5, 0.6) is 0 Å². The van der Waals surface area contributed by atoms with Crippen molar-refractivity contribution in [3.8, 4) is 0 Å². The van der Waals surface area contributed by atoms with Crippen molar-refractivity contribution >= 4 is 0 Å². The zero-order chi connectivity index (χ0) is 15.3. The van der Waals surface area contributed by atoms with Crippen molar-refractivity contribution in [2.45, 2.75) is 84.5 Å². The maximum Gasteiger partial charge on any atom is -0.00436 e. The Kier molecular flexibility index (Phi) is 6.14. The lowest BCUT2D eigenvalue weighted by molar-refractivity contribution is -0.0231. The van der Waals surface area contributed by atoms with E-state index in [1.165, 1.54) is 70.6 Å². The van der Waals surface area contributed by atoms with E-state index in [9.17, 15) is 0 Å². The highest BCUT2D eigenvalue weighted by Gasteiger charge is 2.47. The van der Waals surface area contributed by atoms with Gasteiger partial charge in [0.2, 0.25) is 0 Å². The van der Waals surface area contributed by atoms with Gasteiger partial charge in [-0.3, -0.25) is 0 Å². The smallest absolute Gasteiger partial charge is 0.00436 e. The average molecular weight is 295 g/mol. The van der Waals surface area contributed by atoms with Crippen LogP contribution in [0.25, 0.3) is 0 Å². The summed E-state index contributed by atoms with van der Waals surface area (Å²) in [5.74, 6) is 1.50. The number of hydrogen-bond donors (Lipinski definition) is 2. The van der Waals surface area contributed by atoms with Crippen molar-refractivity contribution in [1.29, 1.82) is 0 Å². The minimum Gasteiger partial charge on any atom is -0.330 e. The molecule has 2 nitrogen and oxygen atoms in total. The molecule has 2 saturated carbocycles. The second kappa shape index (κ2) is 7.46. The van der Waals surface area contributed by atoms with Gasteiger partial charge < -0.3 is 11.5 Å². The first-order chi connectivity index (χ1) is 10.2. The van der Waals surface area contributed by atoms with Crippen LogP contribution in [0.3, 0.4) is 0 Å². The van der Waals surface area contributed by atoms with Gasteiger partial charge in [0.15, 0.2) is 0 Å². The van der Waals surface area contributed by atoms with Gasteiger partial charge in [-0.15, -0.1) is 0 Å². The maximum absolute atomic E-state index is 6.19. The fraction of sp³-hybridized carbons (Fsp3) is 1.00. The highest BCUT2D eigenvalue weighted by Crippen LogP contribution is 2.57. The minimum atomic E-state index is 0.508. The third kappa shape index (κ3) is 3.32. The molecule has 2 aliphatic carbocycles. The first-order valence-electron chi connectivity index (χ1n) is 9.56. The van der Waals surface area contributed by atoms with Crippen LogP contribution in [0.4, 0.5) is 0 Å². The van der Waals surface area contributed by atoms with Gasteiger partial charge in [-0.25, -0.2) is 0 Å². The lowest BCUT2D eigenvalue weighted by Crippen LogP contribution is -2.47. The predicted octanol–water partition coefficient (Wildman–Crippen LogP) is 4.47. The van der Waals surface area contributed by atoms with Crippen LogP contribution >= 0.6 is 0 Å². The van der Waals surface area contributed by atoms with E-state index in [4.69, 9.17) is 11.5 Å². The second-order valence-electron chi connectivity index (χ2n) is 7.97. The summed E-state index contributed by atoms with van der Waals surface area (Å²) in [5.41, 5.74) is 13.4. The highest BCUT2D eigenvalue weighted by atomic mass is 14.6. The van der Waals surface area contributed by atoms with Gasteiger partial charge in [-0.1, -0.05) is 52.4 Å². The Hall–Kier alpha value is -0.0800. The first-order valence-corrected chi connectivity index (χ1v) is 9.56. The Bertz CT molecular complexity index is 287. The van der Waals surface area contributed by atoms with Crippen molar-refractivity contribution in [3.63, 3.8) is 0 Å². The monoisotopic (exact) mass is 294 g/mol. The van der Waals surface area contributed by atoms with Gasteiger partial charge in [0.25, 0.3) is 0 Å². The van der Waals surface area contributed by atoms with Gasteiger partial charge in [0, 0.05) is 0 Å². The molecule has 0 aromatic carbocycles. The van der Waals surface area contributed by atoms with Gasteiger partial charge in [-0.05, 0) is 67.9 Å². The maximum atomic E-state index is 6.19. The highest BCUT2D eigenvalue weighted by molar-refractivity contribution is 4.99. The Labute approximate surface area is 132 Å². The van der Waals surface area contributed by atoms with E-state index in [-0.39, 0.29) is 0 Å². The van der Waals surface area contributed by atoms with Crippen LogP contribution in [-0.2, 0) is 0 Å². The molecule has 0 radical (unpaired) electrons. The van der Waals surface area contributed by atoms with Crippen molar-refractivity contribution in [2.24, 2.45) is 34.1 Å². The lowest BCUT2D eigenvalue weighted by Gasteiger charge is -2.53. The fourth-order valence-corrected chi connectivity index (χ4v) is 5.84. The molecule has 0 amide bonds. The summed E-state index contributed by atoms with van der Waals surface area (Å²) < 4.78 is 0. The molecular weight excluding hydrogens is 256 g/mol. The molecule has 4 atom stereocenters. The van der Waals surface area contributed by atoms with Crippen molar-refractivity contribution in [2.75, 3.05) is 13.1 Å². The molecule has 0 heterocycles. The van der Waals surface area contributed by atoms with Crippen LogP contribution in [0.15, 0.2) is 0 Å². The van der Waals surface area contributed by atoms with Gasteiger partial charge in [-0.2, -0.15) is 0 Å². The van der Waals surface area contributed by atoms with E-state index in [2.05, 4.69) is 13.8 Å². The van der Waals surface area contributed by atoms with Gasteiger partial charge in [0.1, 0.15) is 0 Å². The number of hydrogen-bond acceptors (Lipinski definition) is 2. The van der Waals surface area contributed by atoms with Gasteiger partial charge >= 0.3 is 0 Å². The Morgan fingerprint density at radius 2 is 1.19 bits per heavy atom. The third-order valence-electron chi connectivity index (χ3n) is 7.37. The SMILES string of the molecule is CCC1(CC2(CC)CCCCC2CN)CCCCC1CN. The summed E-state index contributed by atoms with van der Waals surface area (Å²) in [7, 11) is 0. The molecule has 0 spiro atoms. The zero-order valence-electron chi connectivity index (χ0n) is 14.5. The quantitative estimate of drug-likeness (QED) is 0.759. The molecule has 0 aliphatic heterocycles. The largest absolute Gasteiger partial charge is 0.330 e. The van der Waals surface area contributed by atoms with Crippen molar-refractivity contribution < 1.29 is 0 Å². The van der Waals surface area contributed by atoms with Crippen LogP contribution in [-0.4, -0.2) is 13.1 Å². The van der Waals surface area contributed by atoms with E-state index in [0.29, 0.717) is 10.8 Å². The normalized spacial score (nSPS) is 41.1. The Morgan fingerprint density at radius 1 is 0.762 bits per heavy atom. The molecule has 4 N–H and O–H groups in total. The van der Waals surface area contributed by atoms with Crippen LogP contribution in [0, 0.1) is 22.7 Å². The molecular formula is C19H38N2. The predicted molar refractivity (Wildman–Crippen MR) is 92.1 cm³/mol. The van der Waals surface area contributed by atoms with E-state index in [1.54, 1.807) is 0 Å². The average Bonchev–Trinajstić information content (AvgIpc) is 2.55. The van der Waals surface area contributed by atoms with E-state index >= 15 is 0 Å². The molecule has 0 aromatic rings. The number of nitrogens with two attached hydrogens (primary N) is 2. The molecule has 0 bridgehead atoms. The zero-order valence-corrected chi connectivity index (χ0v) is 14.5. The molecule has 2 heteroatoms. The first kappa shape index (κ1) is 17.3. The van der Waals surface area contributed by atoms with E-state index in [0.717, 1.165) is 24.9 Å². The summed E-state index contributed by atoms with van der Waals surface area (Å²) in [6, 6.07) is 0. The molecule has 0 aromatic heterocycles. The third-order valence-corrected chi connectivity index (χ3v) is 7.37. The van der Waals surface area contributed by atoms with Crippen LogP contribution in [0.2, 0.25) is 0 Å². The van der Waals surface area contributed by atoms with Crippen LogP contribution in [0.1, 0.15) is 84.5 Å². The van der Waals surface area contributed by atoms with Crippen molar-refractivity contribution in [3.05, 3.63) is 0 Å². The summed E-state index contributed by atoms with van der Waals surface area (Å²) >= 11 is 0. The van der Waals surface area contributed by atoms with E-state index in [1.807, 2.05) is 0 Å². The standard InChI is InChI=1S/C19H38N2/c1-3-18(11-7-5-9-16(18)13-20)15-19(4-2)12-8-6-10-17(19)14-21/h16-17H,3-15,20-21H2,1-2H3. The summed E-state index contributed by atoms with van der Waals surface area (Å²) in [4.78, 5) is 0. The minimum absolute atomic E-state index is 0.508. The summed E-state index contributed by atoms with van der Waals surface area (Å²) in [6.45, 7) is 6.61. The van der Waals surface area contributed by atoms with Crippen molar-refractivity contribution in [1.82, 2.24) is 0 Å². The Morgan fingerprint density at radius 3 is 1.52 bits per heavy atom. The molecule has 21 heavy (non-hydrogen) atoms. The molecule has 2 fully saturated rings. The summed E-state index contributed by atoms with van der Waals surface area (Å²) in [5, 5.41) is 0.